The van der Waals surface area contributed by atoms with Crippen LogP contribution in [0.5, 0.6) is 0 Å². The standard InChI is InChI=1S/C24H26N8OS/c1-15(2)30-13-18(12-27-30)20-10-22(32-23(20)24(25)26-14-29-32)16-3-4-17-11-28-31(21(17)9-16)19-5-7-34(33)8-6-19/h3-4,9-15,19H,5-8H2,1-2H3,(H2,25,26,29). The molecule has 4 aromatic heterocycles. The summed E-state index contributed by atoms with van der Waals surface area (Å²) >= 11 is -0.703. The third kappa shape index (κ3) is 3.45. The molecule has 0 unspecified atom stereocenters. The first-order chi connectivity index (χ1) is 16.5. The van der Waals surface area contributed by atoms with Crippen molar-refractivity contribution >= 4 is 33.4 Å². The van der Waals surface area contributed by atoms with Gasteiger partial charge in [0, 0.05) is 47.2 Å². The summed E-state index contributed by atoms with van der Waals surface area (Å²) in [6.07, 6.45) is 9.05. The Balaban J connectivity index is 1.49. The number of aromatic nitrogens is 7. The highest BCUT2D eigenvalue weighted by Crippen LogP contribution is 2.36. The monoisotopic (exact) mass is 474 g/mol. The van der Waals surface area contributed by atoms with E-state index in [-0.39, 0.29) is 12.1 Å². The van der Waals surface area contributed by atoms with E-state index < -0.39 is 11.2 Å². The SMILES string of the molecule is CC(C)n1cc(-c2cc(-c3ccc4cnn(C5CC[S+]([O-])CC5)c4c3)n3ncnc(N)c23)cn1. The average molecular weight is 475 g/mol. The fraction of sp³-hybridized carbons (Fsp3) is 0.333. The summed E-state index contributed by atoms with van der Waals surface area (Å²) in [5.41, 5.74) is 12.0. The summed E-state index contributed by atoms with van der Waals surface area (Å²) in [5.74, 6) is 1.90. The van der Waals surface area contributed by atoms with E-state index in [0.29, 0.717) is 5.82 Å². The number of rotatable bonds is 4. The second-order valence-corrected chi connectivity index (χ2v) is 10.8. The van der Waals surface area contributed by atoms with Gasteiger partial charge in [0.15, 0.2) is 5.82 Å². The Labute approximate surface area is 199 Å². The number of benzene rings is 1. The quantitative estimate of drug-likeness (QED) is 0.396. The van der Waals surface area contributed by atoms with Crippen LogP contribution in [0.4, 0.5) is 5.82 Å². The lowest BCUT2D eigenvalue weighted by Gasteiger charge is -2.25. The molecule has 0 bridgehead atoms. The van der Waals surface area contributed by atoms with Crippen LogP contribution in [0.25, 0.3) is 38.8 Å². The zero-order valence-corrected chi connectivity index (χ0v) is 19.9. The minimum Gasteiger partial charge on any atom is -0.616 e. The molecule has 5 aromatic rings. The molecular weight excluding hydrogens is 448 g/mol. The van der Waals surface area contributed by atoms with Crippen LogP contribution in [0.1, 0.15) is 38.8 Å². The van der Waals surface area contributed by atoms with Crippen molar-refractivity contribution in [3.05, 3.63) is 49.2 Å². The molecule has 1 fully saturated rings. The van der Waals surface area contributed by atoms with E-state index in [4.69, 9.17) is 5.73 Å². The molecule has 5 heterocycles. The van der Waals surface area contributed by atoms with Crippen molar-refractivity contribution in [2.75, 3.05) is 17.2 Å². The largest absolute Gasteiger partial charge is 0.616 e. The molecule has 9 nitrogen and oxygen atoms in total. The van der Waals surface area contributed by atoms with Crippen molar-refractivity contribution in [3.63, 3.8) is 0 Å². The lowest BCUT2D eigenvalue weighted by molar-refractivity contribution is 0.424. The number of anilines is 1. The van der Waals surface area contributed by atoms with Gasteiger partial charge in [-0.05, 0) is 26.0 Å². The number of fused-ring (bicyclic) bond motifs is 2. The van der Waals surface area contributed by atoms with Crippen molar-refractivity contribution in [1.29, 1.82) is 0 Å². The van der Waals surface area contributed by atoms with Crippen LogP contribution in [0.2, 0.25) is 0 Å². The molecule has 0 spiro atoms. The molecule has 1 aliphatic heterocycles. The first-order valence-electron chi connectivity index (χ1n) is 11.5. The molecule has 0 radical (unpaired) electrons. The highest BCUT2D eigenvalue weighted by molar-refractivity contribution is 7.91. The molecule has 6 rings (SSSR count). The van der Waals surface area contributed by atoms with Crippen LogP contribution < -0.4 is 5.73 Å². The predicted octanol–water partition coefficient (Wildman–Crippen LogP) is 3.86. The van der Waals surface area contributed by atoms with Gasteiger partial charge in [0.05, 0.1) is 29.6 Å². The first kappa shape index (κ1) is 21.2. The second kappa shape index (κ2) is 8.14. The Bertz CT molecular complexity index is 1490. The van der Waals surface area contributed by atoms with Crippen LogP contribution >= 0.6 is 0 Å². The van der Waals surface area contributed by atoms with Crippen molar-refractivity contribution in [2.45, 2.75) is 38.8 Å². The highest BCUT2D eigenvalue weighted by atomic mass is 32.2. The van der Waals surface area contributed by atoms with Gasteiger partial charge in [-0.3, -0.25) is 9.36 Å². The molecule has 2 N–H and O–H groups in total. The fourth-order valence-electron chi connectivity index (χ4n) is 4.77. The van der Waals surface area contributed by atoms with E-state index in [1.54, 1.807) is 0 Å². The third-order valence-electron chi connectivity index (χ3n) is 6.62. The highest BCUT2D eigenvalue weighted by Gasteiger charge is 2.25. The molecule has 1 aromatic carbocycles. The van der Waals surface area contributed by atoms with Crippen molar-refractivity contribution < 1.29 is 4.55 Å². The van der Waals surface area contributed by atoms with Gasteiger partial charge in [-0.25, -0.2) is 9.50 Å². The minimum atomic E-state index is -0.703. The fourth-order valence-corrected chi connectivity index (χ4v) is 6.04. The average Bonchev–Trinajstić information content (AvgIpc) is 3.56. The van der Waals surface area contributed by atoms with Gasteiger partial charge >= 0.3 is 0 Å². The predicted molar refractivity (Wildman–Crippen MR) is 134 cm³/mol. The number of hydrogen-bond acceptors (Lipinski definition) is 6. The van der Waals surface area contributed by atoms with Crippen LogP contribution in [-0.2, 0) is 11.2 Å². The van der Waals surface area contributed by atoms with Crippen LogP contribution in [0, 0.1) is 0 Å². The molecule has 10 heteroatoms. The number of hydrogen-bond donors (Lipinski definition) is 1. The maximum Gasteiger partial charge on any atom is 0.152 e. The number of nitrogens with zero attached hydrogens (tertiary/aromatic N) is 7. The van der Waals surface area contributed by atoms with Gasteiger partial charge in [-0.1, -0.05) is 23.3 Å². The van der Waals surface area contributed by atoms with Crippen molar-refractivity contribution in [2.24, 2.45) is 0 Å². The zero-order valence-electron chi connectivity index (χ0n) is 19.1. The summed E-state index contributed by atoms with van der Waals surface area (Å²) in [4.78, 5) is 4.25. The van der Waals surface area contributed by atoms with Gasteiger partial charge in [0.25, 0.3) is 0 Å². The van der Waals surface area contributed by atoms with Gasteiger partial charge in [0.1, 0.15) is 23.3 Å². The Kier molecular flexibility index (Phi) is 5.07. The Morgan fingerprint density at radius 3 is 2.65 bits per heavy atom. The Morgan fingerprint density at radius 2 is 1.88 bits per heavy atom. The molecule has 0 atom stereocenters. The third-order valence-corrected chi connectivity index (χ3v) is 8.00. The number of nitrogens with two attached hydrogens (primary N) is 1. The smallest absolute Gasteiger partial charge is 0.152 e. The van der Waals surface area contributed by atoms with Gasteiger partial charge in [-0.15, -0.1) is 0 Å². The summed E-state index contributed by atoms with van der Waals surface area (Å²) in [5, 5.41) is 14.8. The summed E-state index contributed by atoms with van der Waals surface area (Å²) in [6.45, 7) is 4.19. The van der Waals surface area contributed by atoms with E-state index in [1.807, 2.05) is 27.8 Å². The molecule has 0 saturated carbocycles. The molecule has 1 aliphatic rings. The Hall–Kier alpha value is -3.37. The van der Waals surface area contributed by atoms with E-state index in [9.17, 15) is 4.55 Å². The first-order valence-corrected chi connectivity index (χ1v) is 13.0. The van der Waals surface area contributed by atoms with Gasteiger partial charge in [-0.2, -0.15) is 15.3 Å². The number of nitrogen functional groups attached to an aromatic ring is 1. The minimum absolute atomic E-state index is 0.260. The lowest BCUT2D eigenvalue weighted by Crippen LogP contribution is -2.26. The summed E-state index contributed by atoms with van der Waals surface area (Å²) < 4.78 is 17.7. The topological polar surface area (TPSA) is 115 Å². The Morgan fingerprint density at radius 1 is 1.06 bits per heavy atom. The van der Waals surface area contributed by atoms with E-state index in [1.165, 1.54) is 6.33 Å². The summed E-state index contributed by atoms with van der Waals surface area (Å²) in [6, 6.07) is 8.98. The van der Waals surface area contributed by atoms with Crippen LogP contribution in [-0.4, -0.2) is 50.2 Å². The zero-order chi connectivity index (χ0) is 23.4. The van der Waals surface area contributed by atoms with Gasteiger partial charge in [0.2, 0.25) is 0 Å². The van der Waals surface area contributed by atoms with E-state index >= 15 is 0 Å². The second-order valence-electron chi connectivity index (χ2n) is 9.09. The van der Waals surface area contributed by atoms with Crippen LogP contribution in [0.3, 0.4) is 0 Å². The molecule has 1 saturated heterocycles. The molecule has 0 amide bonds. The van der Waals surface area contributed by atoms with Crippen molar-refractivity contribution in [3.8, 4) is 22.4 Å². The van der Waals surface area contributed by atoms with Crippen LogP contribution in [0.15, 0.2) is 49.2 Å². The molecular formula is C24H26N8OS. The normalized spacial score (nSPS) is 18.9. The molecule has 174 valence electrons. The van der Waals surface area contributed by atoms with Gasteiger partial charge < -0.3 is 10.3 Å². The lowest BCUT2D eigenvalue weighted by atomic mass is 10.1. The molecule has 34 heavy (non-hydrogen) atoms. The molecule has 0 aliphatic carbocycles. The van der Waals surface area contributed by atoms with E-state index in [2.05, 4.69) is 63.1 Å². The maximum atomic E-state index is 11.8. The van der Waals surface area contributed by atoms with Crippen molar-refractivity contribution in [1.82, 2.24) is 34.2 Å². The van der Waals surface area contributed by atoms with E-state index in [0.717, 1.165) is 63.2 Å². The summed E-state index contributed by atoms with van der Waals surface area (Å²) in [7, 11) is 0. The maximum absolute atomic E-state index is 11.8.